The van der Waals surface area contributed by atoms with Crippen molar-refractivity contribution in [3.8, 4) is 11.3 Å². The van der Waals surface area contributed by atoms with Crippen molar-refractivity contribution >= 4 is 27.9 Å². The van der Waals surface area contributed by atoms with Crippen LogP contribution in [-0.4, -0.2) is 40.1 Å². The van der Waals surface area contributed by atoms with Gasteiger partial charge >= 0.3 is 6.09 Å². The van der Waals surface area contributed by atoms with E-state index in [4.69, 9.17) is 4.74 Å². The number of H-pyrrole nitrogens is 1. The number of hydrogen-bond donors (Lipinski definition) is 2. The van der Waals surface area contributed by atoms with Crippen molar-refractivity contribution in [2.75, 3.05) is 7.11 Å². The number of aromatic amines is 1. The number of nitrogens with one attached hydrogen (secondary N) is 2. The zero-order valence-electron chi connectivity index (χ0n) is 17.4. The summed E-state index contributed by atoms with van der Waals surface area (Å²) in [4.78, 5) is 33.5. The highest BCUT2D eigenvalue weighted by molar-refractivity contribution is 9.10. The van der Waals surface area contributed by atoms with Crippen LogP contribution in [0.4, 0.5) is 4.79 Å². The predicted molar refractivity (Wildman–Crippen MR) is 116 cm³/mol. The summed E-state index contributed by atoms with van der Waals surface area (Å²) in [6.07, 6.45) is 4.40. The van der Waals surface area contributed by atoms with Gasteiger partial charge in [0.1, 0.15) is 5.82 Å². The molecule has 2 unspecified atom stereocenters. The van der Waals surface area contributed by atoms with Crippen molar-refractivity contribution < 1.29 is 14.3 Å². The number of ether oxygens (including phenoxy) is 1. The molecule has 4 atom stereocenters. The lowest BCUT2D eigenvalue weighted by molar-refractivity contribution is -0.143. The molecule has 2 amide bonds. The summed E-state index contributed by atoms with van der Waals surface area (Å²) in [6, 6.07) is 7.89. The van der Waals surface area contributed by atoms with Crippen molar-refractivity contribution in [3.63, 3.8) is 0 Å². The molecular formula is C22H27BrN4O3. The van der Waals surface area contributed by atoms with Crippen LogP contribution in [0.1, 0.15) is 44.9 Å². The van der Waals surface area contributed by atoms with Gasteiger partial charge in [0.2, 0.25) is 5.91 Å². The fourth-order valence-corrected chi connectivity index (χ4v) is 5.33. The van der Waals surface area contributed by atoms with Gasteiger partial charge in [-0.25, -0.2) is 20.2 Å². The number of rotatable bonds is 4. The largest absolute Gasteiger partial charge is 0.452 e. The van der Waals surface area contributed by atoms with E-state index in [0.717, 1.165) is 40.8 Å². The van der Waals surface area contributed by atoms with Crippen LogP contribution in [0.2, 0.25) is 0 Å². The van der Waals surface area contributed by atoms with E-state index in [0.29, 0.717) is 11.8 Å². The minimum Gasteiger partial charge on any atom is -0.452 e. The number of benzene rings is 1. The minimum atomic E-state index is -0.632. The summed E-state index contributed by atoms with van der Waals surface area (Å²) in [5.41, 5.74) is 4.60. The summed E-state index contributed by atoms with van der Waals surface area (Å²) in [5, 5.41) is 1.42. The maximum absolute atomic E-state index is 13.5. The monoisotopic (exact) mass is 474 g/mol. The van der Waals surface area contributed by atoms with E-state index >= 15 is 0 Å². The molecule has 0 saturated heterocycles. The lowest BCUT2D eigenvalue weighted by atomic mass is 9.78. The van der Waals surface area contributed by atoms with Crippen LogP contribution in [0.3, 0.4) is 0 Å². The summed E-state index contributed by atoms with van der Waals surface area (Å²) < 4.78 is 5.74. The van der Waals surface area contributed by atoms with E-state index in [9.17, 15) is 9.59 Å². The average Bonchev–Trinajstić information content (AvgIpc) is 3.47. The molecule has 2 aliphatic rings. The first-order chi connectivity index (χ1) is 14.4. The van der Waals surface area contributed by atoms with Crippen LogP contribution < -0.4 is 5.43 Å². The third kappa shape index (κ3) is 3.85. The van der Waals surface area contributed by atoms with E-state index in [1.807, 2.05) is 44.3 Å². The van der Waals surface area contributed by atoms with Gasteiger partial charge in [0.05, 0.1) is 24.9 Å². The predicted octanol–water partition coefficient (Wildman–Crippen LogP) is 4.48. The number of carbonyl (C=O) groups excluding carboxylic acids is 2. The first kappa shape index (κ1) is 20.9. The number of fused-ring (bicyclic) bond motifs is 2. The Morgan fingerprint density at radius 3 is 2.60 bits per heavy atom. The summed E-state index contributed by atoms with van der Waals surface area (Å²) in [5.74, 6) is 1.37. The van der Waals surface area contributed by atoms with Crippen LogP contribution in [0, 0.1) is 17.8 Å². The molecule has 2 saturated carbocycles. The molecule has 160 valence electrons. The Kier molecular flexibility index (Phi) is 5.86. The van der Waals surface area contributed by atoms with E-state index in [1.54, 1.807) is 0 Å². The number of hydrogen-bond acceptors (Lipinski definition) is 4. The highest BCUT2D eigenvalue weighted by Gasteiger charge is 2.53. The van der Waals surface area contributed by atoms with Gasteiger partial charge in [-0.1, -0.05) is 28.1 Å². The normalized spacial score (nSPS) is 24.8. The van der Waals surface area contributed by atoms with Crippen molar-refractivity contribution in [2.45, 2.75) is 45.1 Å². The molecule has 2 bridgehead atoms. The molecule has 4 rings (SSSR count). The van der Waals surface area contributed by atoms with Gasteiger partial charge in [0.25, 0.3) is 0 Å². The Bertz CT molecular complexity index is 927. The maximum Gasteiger partial charge on any atom is 0.425 e. The molecule has 2 aromatic rings. The summed E-state index contributed by atoms with van der Waals surface area (Å²) in [6.45, 7) is 3.77. The van der Waals surface area contributed by atoms with Gasteiger partial charge in [-0.15, -0.1) is 0 Å². The topological polar surface area (TPSA) is 87.3 Å². The molecule has 0 aliphatic heterocycles. The zero-order valence-corrected chi connectivity index (χ0v) is 19.0. The molecule has 0 radical (unpaired) electrons. The van der Waals surface area contributed by atoms with Crippen LogP contribution in [-0.2, 0) is 9.53 Å². The van der Waals surface area contributed by atoms with Crippen LogP contribution in [0.5, 0.6) is 0 Å². The number of amides is 2. The number of aromatic nitrogens is 2. The molecule has 1 heterocycles. The Hall–Kier alpha value is -2.35. The Labute approximate surface area is 184 Å². The fourth-order valence-electron chi connectivity index (χ4n) is 5.07. The molecular weight excluding hydrogens is 448 g/mol. The quantitative estimate of drug-likeness (QED) is 0.639. The van der Waals surface area contributed by atoms with Gasteiger partial charge in [-0.05, 0) is 62.6 Å². The molecule has 1 aromatic carbocycles. The third-order valence-electron chi connectivity index (χ3n) is 6.42. The zero-order chi connectivity index (χ0) is 21.4. The fraction of sp³-hybridized carbons (Fsp3) is 0.500. The van der Waals surface area contributed by atoms with Gasteiger partial charge < -0.3 is 9.72 Å². The molecule has 2 aliphatic carbocycles. The number of imidazole rings is 1. The lowest BCUT2D eigenvalue weighted by Gasteiger charge is -2.35. The lowest BCUT2D eigenvalue weighted by Crippen LogP contribution is -2.53. The van der Waals surface area contributed by atoms with Gasteiger partial charge in [-0.3, -0.25) is 4.79 Å². The Morgan fingerprint density at radius 1 is 1.23 bits per heavy atom. The van der Waals surface area contributed by atoms with Crippen molar-refractivity contribution in [2.24, 2.45) is 17.8 Å². The second-order valence-electron chi connectivity index (χ2n) is 8.48. The van der Waals surface area contributed by atoms with Crippen LogP contribution >= 0.6 is 15.9 Å². The number of nitrogens with zero attached hydrogens (tertiary/aromatic N) is 2. The van der Waals surface area contributed by atoms with Gasteiger partial charge in [-0.2, -0.15) is 0 Å². The standard InChI is InChI=1S/C22H27BrN4O3/c1-12(2)27(26-22(29)30-3)21(28)19-15-5-4-14(10-15)18(19)20-24-11-17(25-20)13-6-8-16(23)9-7-13/h6-9,11-12,14-15,18-19H,4-5,10H2,1-3H3,(H,24,25)(H,26,29)/t14?,15?,18-,19-/m0/s1. The van der Waals surface area contributed by atoms with E-state index in [1.165, 1.54) is 12.1 Å². The van der Waals surface area contributed by atoms with Gasteiger partial charge in [0.15, 0.2) is 0 Å². The second-order valence-corrected chi connectivity index (χ2v) is 9.39. The van der Waals surface area contributed by atoms with Crippen LogP contribution in [0.25, 0.3) is 11.3 Å². The third-order valence-corrected chi connectivity index (χ3v) is 6.95. The van der Waals surface area contributed by atoms with E-state index in [-0.39, 0.29) is 23.8 Å². The maximum atomic E-state index is 13.5. The average molecular weight is 475 g/mol. The SMILES string of the molecule is COC(=O)NN(C(=O)[C@H]1C2CCC(C2)[C@@H]1c1ncc(-c2ccc(Br)cc2)[nH]1)C(C)C. The minimum absolute atomic E-state index is 0.0288. The number of halogens is 1. The Balaban J connectivity index is 1.61. The molecule has 0 spiro atoms. The van der Waals surface area contributed by atoms with E-state index in [2.05, 4.69) is 31.3 Å². The van der Waals surface area contributed by atoms with Crippen molar-refractivity contribution in [1.82, 2.24) is 20.4 Å². The molecule has 2 fully saturated rings. The molecule has 1 aromatic heterocycles. The van der Waals surface area contributed by atoms with Crippen molar-refractivity contribution in [1.29, 1.82) is 0 Å². The first-order valence-electron chi connectivity index (χ1n) is 10.4. The second kappa shape index (κ2) is 8.41. The molecule has 2 N–H and O–H groups in total. The molecule has 7 nitrogen and oxygen atoms in total. The highest BCUT2D eigenvalue weighted by atomic mass is 79.9. The van der Waals surface area contributed by atoms with Crippen molar-refractivity contribution in [3.05, 3.63) is 40.8 Å². The molecule has 30 heavy (non-hydrogen) atoms. The van der Waals surface area contributed by atoms with Crippen LogP contribution in [0.15, 0.2) is 34.9 Å². The summed E-state index contributed by atoms with van der Waals surface area (Å²) >= 11 is 3.46. The highest BCUT2D eigenvalue weighted by Crippen LogP contribution is 2.56. The smallest absolute Gasteiger partial charge is 0.425 e. The number of hydrazine groups is 1. The van der Waals surface area contributed by atoms with E-state index < -0.39 is 6.09 Å². The van der Waals surface area contributed by atoms with Gasteiger partial charge in [0, 0.05) is 16.4 Å². The number of carbonyl (C=O) groups is 2. The number of methoxy groups -OCH3 is 1. The Morgan fingerprint density at radius 2 is 1.93 bits per heavy atom. The molecule has 8 heteroatoms. The first-order valence-corrected chi connectivity index (χ1v) is 11.2. The summed E-state index contributed by atoms with van der Waals surface area (Å²) in [7, 11) is 1.30.